The van der Waals surface area contributed by atoms with E-state index in [-0.39, 0.29) is 4.90 Å². The Labute approximate surface area is 112 Å². The number of carbonyl (C=O) groups is 1. The molecule has 19 heavy (non-hydrogen) atoms. The van der Waals surface area contributed by atoms with Gasteiger partial charge in [-0.15, -0.1) is 0 Å². The van der Waals surface area contributed by atoms with Gasteiger partial charge in [-0.3, -0.25) is 0 Å². The molecular weight excluding hydrogens is 266 g/mol. The van der Waals surface area contributed by atoms with Gasteiger partial charge in [0.25, 0.3) is 0 Å². The van der Waals surface area contributed by atoms with Crippen molar-refractivity contribution in [1.29, 1.82) is 0 Å². The number of aliphatic carboxylic acids is 1. The molecule has 1 aliphatic rings. The van der Waals surface area contributed by atoms with Crippen LogP contribution in [0.4, 0.5) is 5.69 Å². The average Bonchev–Trinajstić information content (AvgIpc) is 2.38. The third-order valence-electron chi connectivity index (χ3n) is 3.38. The number of carboxylic acid groups (broad SMARTS) is 1. The van der Waals surface area contributed by atoms with Crippen molar-refractivity contribution in [2.45, 2.75) is 30.2 Å². The molecule has 0 saturated carbocycles. The summed E-state index contributed by atoms with van der Waals surface area (Å²) in [6, 6.07) is 5.89. The molecule has 0 amide bonds. The van der Waals surface area contributed by atoms with Gasteiger partial charge in [0.05, 0.1) is 4.90 Å². The van der Waals surface area contributed by atoms with Gasteiger partial charge in [-0.1, -0.05) is 0 Å². The van der Waals surface area contributed by atoms with E-state index in [4.69, 9.17) is 0 Å². The van der Waals surface area contributed by atoms with E-state index >= 15 is 0 Å². The van der Waals surface area contributed by atoms with Crippen LogP contribution in [-0.2, 0) is 14.6 Å². The highest BCUT2D eigenvalue weighted by atomic mass is 32.2. The fraction of sp³-hybridized carbons (Fsp3) is 0.462. The largest absolute Gasteiger partial charge is 0.480 e. The van der Waals surface area contributed by atoms with Gasteiger partial charge in [-0.05, 0) is 43.5 Å². The molecular formula is C13H17NO4S. The number of hydrogen-bond donors (Lipinski definition) is 1. The zero-order chi connectivity index (χ0) is 14.0. The number of carboxylic acids is 1. The summed E-state index contributed by atoms with van der Waals surface area (Å²) in [4.78, 5) is 13.3. The van der Waals surface area contributed by atoms with E-state index < -0.39 is 21.8 Å². The van der Waals surface area contributed by atoms with Gasteiger partial charge in [0.1, 0.15) is 6.04 Å². The highest BCUT2D eigenvalue weighted by molar-refractivity contribution is 7.90. The van der Waals surface area contributed by atoms with Crippen molar-refractivity contribution < 1.29 is 18.3 Å². The van der Waals surface area contributed by atoms with Crippen LogP contribution in [0.5, 0.6) is 0 Å². The van der Waals surface area contributed by atoms with Crippen molar-refractivity contribution >= 4 is 21.5 Å². The summed E-state index contributed by atoms with van der Waals surface area (Å²) in [5, 5.41) is 9.22. The van der Waals surface area contributed by atoms with Gasteiger partial charge in [0, 0.05) is 18.5 Å². The van der Waals surface area contributed by atoms with Crippen molar-refractivity contribution in [3.63, 3.8) is 0 Å². The summed E-state index contributed by atoms with van der Waals surface area (Å²) in [7, 11) is -3.22. The molecule has 104 valence electrons. The topological polar surface area (TPSA) is 74.7 Å². The third-order valence-corrected chi connectivity index (χ3v) is 4.51. The van der Waals surface area contributed by atoms with Gasteiger partial charge in [0.15, 0.2) is 9.84 Å². The summed E-state index contributed by atoms with van der Waals surface area (Å²) in [5.74, 6) is -0.827. The Hall–Kier alpha value is -1.56. The highest BCUT2D eigenvalue weighted by Gasteiger charge is 2.28. The van der Waals surface area contributed by atoms with E-state index in [0.717, 1.165) is 24.8 Å². The lowest BCUT2D eigenvalue weighted by molar-refractivity contribution is -0.139. The van der Waals surface area contributed by atoms with Crippen LogP contribution in [0.2, 0.25) is 0 Å². The number of piperidine rings is 1. The van der Waals surface area contributed by atoms with Crippen molar-refractivity contribution in [3.05, 3.63) is 24.3 Å². The second-order valence-corrected chi connectivity index (χ2v) is 6.83. The molecule has 1 heterocycles. The molecule has 1 fully saturated rings. The lowest BCUT2D eigenvalue weighted by atomic mass is 10.0. The highest BCUT2D eigenvalue weighted by Crippen LogP contribution is 2.26. The fourth-order valence-corrected chi connectivity index (χ4v) is 3.01. The maximum Gasteiger partial charge on any atom is 0.326 e. The van der Waals surface area contributed by atoms with Crippen LogP contribution < -0.4 is 4.90 Å². The Morgan fingerprint density at radius 1 is 1.26 bits per heavy atom. The minimum absolute atomic E-state index is 0.250. The second-order valence-electron chi connectivity index (χ2n) is 4.81. The van der Waals surface area contributed by atoms with Gasteiger partial charge in [0.2, 0.25) is 0 Å². The van der Waals surface area contributed by atoms with Crippen LogP contribution in [0.15, 0.2) is 29.2 Å². The summed E-state index contributed by atoms with van der Waals surface area (Å²) in [6.45, 7) is 0.690. The zero-order valence-electron chi connectivity index (χ0n) is 10.7. The lowest BCUT2D eigenvalue weighted by Gasteiger charge is -2.34. The monoisotopic (exact) mass is 283 g/mol. The normalized spacial score (nSPS) is 20.3. The van der Waals surface area contributed by atoms with E-state index in [2.05, 4.69) is 0 Å². The quantitative estimate of drug-likeness (QED) is 0.910. The van der Waals surface area contributed by atoms with Crippen LogP contribution in [0.3, 0.4) is 0 Å². The molecule has 1 aliphatic heterocycles. The fourth-order valence-electron chi connectivity index (χ4n) is 2.38. The molecule has 0 radical (unpaired) electrons. The first-order chi connectivity index (χ1) is 8.89. The molecule has 1 N–H and O–H groups in total. The van der Waals surface area contributed by atoms with Gasteiger partial charge < -0.3 is 10.0 Å². The molecule has 2 rings (SSSR count). The predicted molar refractivity (Wildman–Crippen MR) is 72.2 cm³/mol. The van der Waals surface area contributed by atoms with Crippen molar-refractivity contribution in [3.8, 4) is 0 Å². The first-order valence-electron chi connectivity index (χ1n) is 6.19. The number of rotatable bonds is 3. The van der Waals surface area contributed by atoms with Crippen molar-refractivity contribution in [2.24, 2.45) is 0 Å². The van der Waals surface area contributed by atoms with E-state index in [1.54, 1.807) is 12.1 Å². The van der Waals surface area contributed by atoms with E-state index in [1.165, 1.54) is 12.1 Å². The molecule has 1 aromatic rings. The van der Waals surface area contributed by atoms with Crippen LogP contribution in [-0.4, -0.2) is 38.3 Å². The maximum atomic E-state index is 11.4. The summed E-state index contributed by atoms with van der Waals surface area (Å²) in [6.07, 6.45) is 3.65. The van der Waals surface area contributed by atoms with Crippen LogP contribution in [0.25, 0.3) is 0 Å². The SMILES string of the molecule is CS(=O)(=O)c1ccc(N2CCCC[C@@H]2C(=O)O)cc1. The van der Waals surface area contributed by atoms with E-state index in [1.807, 2.05) is 4.90 Å². The summed E-state index contributed by atoms with van der Waals surface area (Å²) in [5.41, 5.74) is 0.763. The van der Waals surface area contributed by atoms with Crippen LogP contribution in [0.1, 0.15) is 19.3 Å². The molecule has 0 aromatic heterocycles. The van der Waals surface area contributed by atoms with E-state index in [9.17, 15) is 18.3 Å². The predicted octanol–water partition coefficient (Wildman–Crippen LogP) is 1.53. The molecule has 5 nitrogen and oxygen atoms in total. The number of hydrogen-bond acceptors (Lipinski definition) is 4. The Morgan fingerprint density at radius 3 is 2.42 bits per heavy atom. The summed E-state index contributed by atoms with van der Waals surface area (Å²) >= 11 is 0. The molecule has 6 heteroatoms. The Morgan fingerprint density at radius 2 is 1.89 bits per heavy atom. The smallest absolute Gasteiger partial charge is 0.326 e. The van der Waals surface area contributed by atoms with E-state index in [0.29, 0.717) is 13.0 Å². The number of nitrogens with zero attached hydrogens (tertiary/aromatic N) is 1. The minimum atomic E-state index is -3.22. The molecule has 1 aromatic carbocycles. The molecule has 1 saturated heterocycles. The number of anilines is 1. The molecule has 0 bridgehead atoms. The van der Waals surface area contributed by atoms with Gasteiger partial charge in [-0.25, -0.2) is 13.2 Å². The Balaban J connectivity index is 2.28. The lowest BCUT2D eigenvalue weighted by Crippen LogP contribution is -2.44. The first-order valence-corrected chi connectivity index (χ1v) is 8.08. The second kappa shape index (κ2) is 5.21. The molecule has 1 atom stereocenters. The van der Waals surface area contributed by atoms with Crippen molar-refractivity contribution in [1.82, 2.24) is 0 Å². The molecule has 0 unspecified atom stereocenters. The molecule has 0 aliphatic carbocycles. The first kappa shape index (κ1) is 13.9. The van der Waals surface area contributed by atoms with Gasteiger partial charge >= 0.3 is 5.97 Å². The minimum Gasteiger partial charge on any atom is -0.480 e. The number of benzene rings is 1. The standard InChI is InChI=1S/C13H17NO4S/c1-19(17,18)11-7-5-10(6-8-11)14-9-3-2-4-12(14)13(15)16/h5-8,12H,2-4,9H2,1H3,(H,15,16)/t12-/m1/s1. The third kappa shape index (κ3) is 3.07. The molecule has 0 spiro atoms. The maximum absolute atomic E-state index is 11.4. The van der Waals surface area contributed by atoms with Crippen molar-refractivity contribution in [2.75, 3.05) is 17.7 Å². The average molecular weight is 283 g/mol. The summed E-state index contributed by atoms with van der Waals surface area (Å²) < 4.78 is 22.8. The van der Waals surface area contributed by atoms with Crippen LogP contribution >= 0.6 is 0 Å². The Bertz CT molecular complexity index is 565. The van der Waals surface area contributed by atoms with Gasteiger partial charge in [-0.2, -0.15) is 0 Å². The van der Waals surface area contributed by atoms with Crippen LogP contribution in [0, 0.1) is 0 Å². The number of sulfone groups is 1. The zero-order valence-corrected chi connectivity index (χ0v) is 11.6. The Kier molecular flexibility index (Phi) is 3.80.